The van der Waals surface area contributed by atoms with E-state index < -0.39 is 23.7 Å². The van der Waals surface area contributed by atoms with Crippen LogP contribution >= 0.6 is 11.6 Å². The van der Waals surface area contributed by atoms with Crippen LogP contribution in [0.15, 0.2) is 42.5 Å². The van der Waals surface area contributed by atoms with Crippen LogP contribution in [0, 0.1) is 11.6 Å². The molecule has 5 nitrogen and oxygen atoms in total. The second-order valence-corrected chi connectivity index (χ2v) is 12.4. The standard InChI is InChI=1S/C34H44ClF2N3O2/c1-23(2)38-31(8-4-7-19-40-17-5-3-6-18-40)34(42)39-32(22-25-10-15-29(36)30(37)21-25)33(41)16-11-24-9-12-26-13-14-28(35)27(26)20-24/h9-10,12,14-15,20-21,23,31-32,38H,3-8,11,13,16-19,22H2,1-2H3,(H,39,42)/t31-,32+/m1/s1. The number of fused-ring (bicyclic) bond motifs is 1. The van der Waals surface area contributed by atoms with Gasteiger partial charge >= 0.3 is 0 Å². The molecule has 228 valence electrons. The lowest BCUT2D eigenvalue weighted by atomic mass is 9.96. The smallest absolute Gasteiger partial charge is 0.237 e. The number of carbonyl (C=O) groups excluding carboxylic acids is 2. The third-order valence-corrected chi connectivity index (χ3v) is 8.60. The van der Waals surface area contributed by atoms with Crippen molar-refractivity contribution in [1.29, 1.82) is 0 Å². The van der Waals surface area contributed by atoms with Crippen LogP contribution in [0.25, 0.3) is 5.03 Å². The van der Waals surface area contributed by atoms with Gasteiger partial charge in [-0.05, 0) is 105 Å². The molecule has 1 amide bonds. The maximum absolute atomic E-state index is 14.0. The molecule has 1 saturated heterocycles. The molecular formula is C34H44ClF2N3O2. The Labute approximate surface area is 254 Å². The zero-order valence-electron chi connectivity index (χ0n) is 24.9. The van der Waals surface area contributed by atoms with Gasteiger partial charge in [0, 0.05) is 17.5 Å². The second kappa shape index (κ2) is 15.7. The van der Waals surface area contributed by atoms with Gasteiger partial charge in [-0.1, -0.05) is 62.6 Å². The van der Waals surface area contributed by atoms with Crippen molar-refractivity contribution in [1.82, 2.24) is 15.5 Å². The first-order valence-electron chi connectivity index (χ1n) is 15.4. The number of amides is 1. The summed E-state index contributed by atoms with van der Waals surface area (Å²) in [6, 6.07) is 8.46. The Morgan fingerprint density at radius 1 is 0.952 bits per heavy atom. The average molecular weight is 600 g/mol. The van der Waals surface area contributed by atoms with Crippen molar-refractivity contribution in [3.8, 4) is 0 Å². The SMILES string of the molecule is CC(C)N[C@H](CCCCN1CCCCC1)C(=O)N[C@@H](Cc1ccc(F)c(F)c1)C(=O)CCc1ccc2c(c1)C(Cl)=CC2. The highest BCUT2D eigenvalue weighted by Gasteiger charge is 2.26. The molecule has 0 bridgehead atoms. The number of nitrogens with zero attached hydrogens (tertiary/aromatic N) is 1. The van der Waals surface area contributed by atoms with E-state index >= 15 is 0 Å². The fraction of sp³-hybridized carbons (Fsp3) is 0.529. The molecule has 2 aromatic carbocycles. The van der Waals surface area contributed by atoms with Gasteiger partial charge in [-0.3, -0.25) is 9.59 Å². The van der Waals surface area contributed by atoms with Crippen molar-refractivity contribution in [2.45, 2.75) is 96.2 Å². The molecule has 2 atom stereocenters. The van der Waals surface area contributed by atoms with Crippen molar-refractivity contribution >= 4 is 28.3 Å². The molecule has 2 N–H and O–H groups in total. The summed E-state index contributed by atoms with van der Waals surface area (Å²) in [4.78, 5) is 29.6. The molecule has 0 aromatic heterocycles. The first-order chi connectivity index (χ1) is 20.2. The molecule has 42 heavy (non-hydrogen) atoms. The molecule has 0 saturated carbocycles. The first-order valence-corrected chi connectivity index (χ1v) is 15.8. The highest BCUT2D eigenvalue weighted by molar-refractivity contribution is 6.49. The van der Waals surface area contributed by atoms with Gasteiger partial charge in [-0.25, -0.2) is 8.78 Å². The molecule has 8 heteroatoms. The van der Waals surface area contributed by atoms with Crippen molar-refractivity contribution in [3.63, 3.8) is 0 Å². The van der Waals surface area contributed by atoms with Crippen LogP contribution in [-0.2, 0) is 28.9 Å². The van der Waals surface area contributed by atoms with E-state index in [4.69, 9.17) is 11.6 Å². The minimum Gasteiger partial charge on any atom is -0.345 e. The van der Waals surface area contributed by atoms with Gasteiger partial charge in [-0.15, -0.1) is 0 Å². The lowest BCUT2D eigenvalue weighted by Gasteiger charge is -2.27. The third kappa shape index (κ3) is 9.45. The molecule has 1 heterocycles. The number of hydrogen-bond acceptors (Lipinski definition) is 4. The number of hydrogen-bond donors (Lipinski definition) is 2. The lowest BCUT2D eigenvalue weighted by molar-refractivity contribution is -0.129. The molecule has 1 aliphatic heterocycles. The lowest BCUT2D eigenvalue weighted by Crippen LogP contribution is -2.52. The average Bonchev–Trinajstić information content (AvgIpc) is 3.35. The Bertz CT molecular complexity index is 1260. The fourth-order valence-corrected chi connectivity index (χ4v) is 6.16. The molecule has 0 radical (unpaired) electrons. The summed E-state index contributed by atoms with van der Waals surface area (Å²) in [5.41, 5.74) is 3.60. The summed E-state index contributed by atoms with van der Waals surface area (Å²) in [7, 11) is 0. The minimum absolute atomic E-state index is 0.0869. The number of rotatable bonds is 15. The van der Waals surface area contributed by atoms with Crippen LogP contribution in [0.5, 0.6) is 0 Å². The van der Waals surface area contributed by atoms with Gasteiger partial charge in [0.1, 0.15) is 0 Å². The molecule has 1 fully saturated rings. The second-order valence-electron chi connectivity index (χ2n) is 12.0. The number of Topliss-reactive ketones (excluding diaryl/α,β-unsaturated/α-hetero) is 1. The summed E-state index contributed by atoms with van der Waals surface area (Å²) in [6.07, 6.45) is 9.94. The maximum Gasteiger partial charge on any atom is 0.237 e. The number of benzene rings is 2. The Morgan fingerprint density at radius 2 is 1.71 bits per heavy atom. The highest BCUT2D eigenvalue weighted by Crippen LogP contribution is 2.31. The van der Waals surface area contributed by atoms with Crippen LogP contribution in [-0.4, -0.2) is 54.4 Å². The van der Waals surface area contributed by atoms with Crippen LogP contribution < -0.4 is 10.6 Å². The number of allylic oxidation sites excluding steroid dienone is 1. The number of aryl methyl sites for hydroxylation is 1. The van der Waals surface area contributed by atoms with E-state index in [9.17, 15) is 18.4 Å². The summed E-state index contributed by atoms with van der Waals surface area (Å²) in [5, 5.41) is 7.06. The normalized spacial score (nSPS) is 16.7. The van der Waals surface area contributed by atoms with Crippen molar-refractivity contribution in [2.75, 3.05) is 19.6 Å². The number of piperidine rings is 1. The van der Waals surface area contributed by atoms with E-state index in [0.29, 0.717) is 18.4 Å². The molecule has 1 aliphatic carbocycles. The number of ketones is 1. The van der Waals surface area contributed by atoms with E-state index in [1.54, 1.807) is 0 Å². The van der Waals surface area contributed by atoms with Gasteiger partial charge in [0.2, 0.25) is 5.91 Å². The van der Waals surface area contributed by atoms with Crippen LogP contribution in [0.4, 0.5) is 8.78 Å². The van der Waals surface area contributed by atoms with Crippen LogP contribution in [0.3, 0.4) is 0 Å². The van der Waals surface area contributed by atoms with Crippen molar-refractivity contribution in [2.24, 2.45) is 0 Å². The Kier molecular flexibility index (Phi) is 12.1. The fourth-order valence-electron chi connectivity index (χ4n) is 5.91. The van der Waals surface area contributed by atoms with E-state index in [2.05, 4.69) is 15.5 Å². The molecule has 0 unspecified atom stereocenters. The van der Waals surface area contributed by atoms with E-state index in [1.807, 2.05) is 38.1 Å². The Balaban J connectivity index is 1.41. The van der Waals surface area contributed by atoms with Gasteiger partial charge in [-0.2, -0.15) is 0 Å². The Morgan fingerprint density at radius 3 is 2.45 bits per heavy atom. The van der Waals surface area contributed by atoms with Gasteiger partial charge in [0.15, 0.2) is 17.4 Å². The molecule has 4 rings (SSSR count). The zero-order chi connectivity index (χ0) is 30.1. The van der Waals surface area contributed by atoms with Gasteiger partial charge in [0.25, 0.3) is 0 Å². The van der Waals surface area contributed by atoms with E-state index in [1.165, 1.54) is 25.3 Å². The van der Waals surface area contributed by atoms with E-state index in [-0.39, 0.29) is 30.6 Å². The summed E-state index contributed by atoms with van der Waals surface area (Å²) < 4.78 is 27.6. The number of likely N-dealkylation sites (tertiary alicyclic amines) is 1. The molecule has 0 spiro atoms. The Hall–Kier alpha value is -2.61. The van der Waals surface area contributed by atoms with Crippen molar-refractivity contribution < 1.29 is 18.4 Å². The minimum atomic E-state index is -0.971. The zero-order valence-corrected chi connectivity index (χ0v) is 25.6. The topological polar surface area (TPSA) is 61.4 Å². The predicted molar refractivity (Wildman–Crippen MR) is 165 cm³/mol. The maximum atomic E-state index is 14.0. The summed E-state index contributed by atoms with van der Waals surface area (Å²) in [5.74, 6) is -2.30. The summed E-state index contributed by atoms with van der Waals surface area (Å²) >= 11 is 6.33. The number of nitrogens with one attached hydrogen (secondary N) is 2. The molecular weight excluding hydrogens is 556 g/mol. The number of unbranched alkanes of at least 4 members (excludes halogenated alkanes) is 1. The quantitative estimate of drug-likeness (QED) is 0.234. The highest BCUT2D eigenvalue weighted by atomic mass is 35.5. The largest absolute Gasteiger partial charge is 0.345 e. The molecule has 2 aliphatic rings. The van der Waals surface area contributed by atoms with Crippen LogP contribution in [0.1, 0.15) is 81.0 Å². The number of carbonyl (C=O) groups is 2. The molecule has 2 aromatic rings. The van der Waals surface area contributed by atoms with Crippen molar-refractivity contribution in [3.05, 3.63) is 76.4 Å². The first kappa shape index (κ1) is 32.3. The summed E-state index contributed by atoms with van der Waals surface area (Å²) in [6.45, 7) is 7.33. The van der Waals surface area contributed by atoms with Gasteiger partial charge in [0.05, 0.1) is 12.1 Å². The third-order valence-electron chi connectivity index (χ3n) is 8.24. The monoisotopic (exact) mass is 599 g/mol. The van der Waals surface area contributed by atoms with Crippen LogP contribution in [0.2, 0.25) is 0 Å². The van der Waals surface area contributed by atoms with E-state index in [0.717, 1.165) is 72.8 Å². The predicted octanol–water partition coefficient (Wildman–Crippen LogP) is 6.35. The number of halogens is 3. The van der Waals surface area contributed by atoms with Gasteiger partial charge < -0.3 is 15.5 Å².